The fraction of sp³-hybridized carbons (Fsp3) is 0.600. The van der Waals surface area contributed by atoms with E-state index in [4.69, 9.17) is 4.42 Å². The Balaban J connectivity index is 1.76. The molecule has 10 heteroatoms. The van der Waals surface area contributed by atoms with Gasteiger partial charge >= 0.3 is 6.03 Å². The number of furan rings is 1. The Morgan fingerprint density at radius 3 is 2.80 bits per heavy atom. The summed E-state index contributed by atoms with van der Waals surface area (Å²) in [6.45, 7) is 9.99. The van der Waals surface area contributed by atoms with Crippen molar-refractivity contribution in [3.63, 3.8) is 0 Å². The number of rotatable bonds is 7. The van der Waals surface area contributed by atoms with E-state index in [-0.39, 0.29) is 11.9 Å². The molecule has 30 heavy (non-hydrogen) atoms. The zero-order valence-corrected chi connectivity index (χ0v) is 18.7. The van der Waals surface area contributed by atoms with Gasteiger partial charge in [-0.15, -0.1) is 10.2 Å². The van der Waals surface area contributed by atoms with Gasteiger partial charge in [0.15, 0.2) is 5.16 Å². The number of amides is 3. The molecule has 0 aromatic carbocycles. The number of hydrogen-bond donors (Lipinski definition) is 2. The molecule has 0 bridgehead atoms. The van der Waals surface area contributed by atoms with Gasteiger partial charge in [-0.3, -0.25) is 14.7 Å². The predicted molar refractivity (Wildman–Crippen MR) is 116 cm³/mol. The maximum atomic E-state index is 12.4. The summed E-state index contributed by atoms with van der Waals surface area (Å²) in [5.74, 6) is 1.79. The third-order valence-electron chi connectivity index (χ3n) is 4.84. The molecule has 3 amide bonds. The molecule has 1 saturated heterocycles. The minimum atomic E-state index is -0.518. The molecule has 2 aromatic heterocycles. The lowest BCUT2D eigenvalue weighted by Gasteiger charge is -2.31. The summed E-state index contributed by atoms with van der Waals surface area (Å²) < 4.78 is 7.52. The van der Waals surface area contributed by atoms with Crippen LogP contribution < -0.4 is 15.5 Å². The number of hydrogen-bond acceptors (Lipinski definition) is 7. The number of nitrogens with zero attached hydrogens (tertiary/aromatic N) is 4. The highest BCUT2D eigenvalue weighted by Gasteiger charge is 2.26. The van der Waals surface area contributed by atoms with E-state index in [0.717, 1.165) is 31.2 Å². The van der Waals surface area contributed by atoms with Gasteiger partial charge < -0.3 is 14.6 Å². The number of piperidine rings is 1. The lowest BCUT2D eigenvalue weighted by molar-refractivity contribution is -0.119. The zero-order chi connectivity index (χ0) is 21.7. The van der Waals surface area contributed by atoms with Crippen LogP contribution in [0.4, 0.5) is 10.7 Å². The predicted octanol–water partition coefficient (Wildman–Crippen LogP) is 2.87. The molecule has 164 valence electrons. The quantitative estimate of drug-likeness (QED) is 0.646. The van der Waals surface area contributed by atoms with Crippen LogP contribution in [-0.4, -0.2) is 51.1 Å². The average molecular weight is 435 g/mol. The van der Waals surface area contributed by atoms with E-state index in [1.165, 1.54) is 18.2 Å². The molecular weight excluding hydrogens is 404 g/mol. The zero-order valence-electron chi connectivity index (χ0n) is 17.9. The van der Waals surface area contributed by atoms with Crippen LogP contribution >= 0.6 is 11.8 Å². The minimum Gasteiger partial charge on any atom is -0.467 e. The smallest absolute Gasteiger partial charge is 0.321 e. The number of thioether (sulfide) groups is 1. The number of urea groups is 1. The summed E-state index contributed by atoms with van der Waals surface area (Å²) in [7, 11) is 0. The molecule has 2 atom stereocenters. The van der Waals surface area contributed by atoms with Gasteiger partial charge in [0.2, 0.25) is 11.9 Å². The van der Waals surface area contributed by atoms with Crippen molar-refractivity contribution in [3.05, 3.63) is 24.2 Å². The standard InChI is InChI=1S/C20H30N6O3S/c1-13(2)21-18(28)22-17(27)15(4)30-20-24-23-19(25-9-5-7-14(3)11-25)26(20)12-16-8-6-10-29-16/h6,8,10,13-15H,5,7,9,11-12H2,1-4H3,(H2,21,22,27,28)/t14-,15-/m0/s1. The van der Waals surface area contributed by atoms with E-state index in [9.17, 15) is 9.59 Å². The molecule has 3 heterocycles. The molecule has 0 radical (unpaired) electrons. The largest absolute Gasteiger partial charge is 0.467 e. The Morgan fingerprint density at radius 2 is 2.13 bits per heavy atom. The molecule has 0 saturated carbocycles. The molecule has 0 unspecified atom stereocenters. The van der Waals surface area contributed by atoms with Crippen LogP contribution in [-0.2, 0) is 11.3 Å². The Bertz CT molecular complexity index is 851. The van der Waals surface area contributed by atoms with Crippen molar-refractivity contribution in [3.8, 4) is 0 Å². The summed E-state index contributed by atoms with van der Waals surface area (Å²) in [4.78, 5) is 26.5. The molecule has 2 N–H and O–H groups in total. The second-order valence-electron chi connectivity index (χ2n) is 8.02. The first-order valence-electron chi connectivity index (χ1n) is 10.3. The van der Waals surface area contributed by atoms with Crippen molar-refractivity contribution in [2.45, 2.75) is 63.5 Å². The summed E-state index contributed by atoms with van der Waals surface area (Å²) in [5, 5.41) is 13.9. The summed E-state index contributed by atoms with van der Waals surface area (Å²) in [6, 6.07) is 3.20. The summed E-state index contributed by atoms with van der Waals surface area (Å²) in [6.07, 6.45) is 3.96. The van der Waals surface area contributed by atoms with Gasteiger partial charge in [-0.1, -0.05) is 18.7 Å². The van der Waals surface area contributed by atoms with Crippen molar-refractivity contribution in [2.75, 3.05) is 18.0 Å². The molecule has 1 aliphatic rings. The van der Waals surface area contributed by atoms with Crippen LogP contribution in [0.3, 0.4) is 0 Å². The van der Waals surface area contributed by atoms with Crippen molar-refractivity contribution >= 4 is 29.6 Å². The van der Waals surface area contributed by atoms with E-state index in [1.54, 1.807) is 13.2 Å². The van der Waals surface area contributed by atoms with Gasteiger partial charge in [0, 0.05) is 19.1 Å². The first kappa shape index (κ1) is 22.2. The van der Waals surface area contributed by atoms with Gasteiger partial charge in [-0.05, 0) is 51.7 Å². The second-order valence-corrected chi connectivity index (χ2v) is 9.33. The van der Waals surface area contributed by atoms with Gasteiger partial charge in [0.25, 0.3) is 0 Å². The summed E-state index contributed by atoms with van der Waals surface area (Å²) >= 11 is 1.28. The first-order valence-corrected chi connectivity index (χ1v) is 11.2. The van der Waals surface area contributed by atoms with E-state index < -0.39 is 11.3 Å². The van der Waals surface area contributed by atoms with Gasteiger partial charge in [0.1, 0.15) is 5.76 Å². The Labute approximate surface area is 181 Å². The van der Waals surface area contributed by atoms with Crippen LogP contribution in [0.1, 0.15) is 46.3 Å². The average Bonchev–Trinajstić information content (AvgIpc) is 3.32. The molecule has 2 aromatic rings. The third kappa shape index (κ3) is 5.78. The van der Waals surface area contributed by atoms with Gasteiger partial charge in [-0.2, -0.15) is 0 Å². The van der Waals surface area contributed by atoms with E-state index in [1.807, 2.05) is 30.5 Å². The first-order chi connectivity index (χ1) is 14.3. The number of carbonyl (C=O) groups is 2. The highest BCUT2D eigenvalue weighted by atomic mass is 32.2. The molecule has 0 aliphatic carbocycles. The highest BCUT2D eigenvalue weighted by Crippen LogP contribution is 2.29. The molecule has 1 aliphatic heterocycles. The number of imide groups is 1. The molecule has 3 rings (SSSR count). The van der Waals surface area contributed by atoms with Crippen LogP contribution in [0.5, 0.6) is 0 Å². The fourth-order valence-electron chi connectivity index (χ4n) is 3.39. The van der Waals surface area contributed by atoms with Crippen molar-refractivity contribution in [1.82, 2.24) is 25.4 Å². The maximum Gasteiger partial charge on any atom is 0.321 e. The Morgan fingerprint density at radius 1 is 1.33 bits per heavy atom. The third-order valence-corrected chi connectivity index (χ3v) is 5.92. The highest BCUT2D eigenvalue weighted by molar-refractivity contribution is 8.00. The van der Waals surface area contributed by atoms with E-state index in [0.29, 0.717) is 17.6 Å². The summed E-state index contributed by atoms with van der Waals surface area (Å²) in [5.41, 5.74) is 0. The van der Waals surface area contributed by atoms with Crippen LogP contribution in [0.15, 0.2) is 28.0 Å². The molecule has 0 spiro atoms. The maximum absolute atomic E-state index is 12.4. The van der Waals surface area contributed by atoms with Crippen molar-refractivity contribution in [1.29, 1.82) is 0 Å². The molecular formula is C20H30N6O3S. The molecule has 9 nitrogen and oxygen atoms in total. The normalized spacial score (nSPS) is 17.8. The van der Waals surface area contributed by atoms with Crippen molar-refractivity contribution in [2.24, 2.45) is 5.92 Å². The number of anilines is 1. The number of aromatic nitrogens is 3. The van der Waals surface area contributed by atoms with Crippen LogP contribution in [0.25, 0.3) is 0 Å². The topological polar surface area (TPSA) is 105 Å². The van der Waals surface area contributed by atoms with Crippen LogP contribution in [0.2, 0.25) is 0 Å². The van der Waals surface area contributed by atoms with Crippen LogP contribution in [0, 0.1) is 5.92 Å². The van der Waals surface area contributed by atoms with E-state index >= 15 is 0 Å². The molecule has 1 fully saturated rings. The fourth-order valence-corrected chi connectivity index (χ4v) is 4.24. The van der Waals surface area contributed by atoms with Crippen molar-refractivity contribution < 1.29 is 14.0 Å². The Kier molecular flexibility index (Phi) is 7.41. The lowest BCUT2D eigenvalue weighted by Crippen LogP contribution is -2.45. The van der Waals surface area contributed by atoms with E-state index in [2.05, 4.69) is 32.7 Å². The number of carbonyl (C=O) groups excluding carboxylic acids is 2. The monoisotopic (exact) mass is 434 g/mol. The SMILES string of the molecule is CC(C)NC(=O)NC(=O)[C@H](C)Sc1nnc(N2CCC[C@H](C)C2)n1Cc1ccco1. The minimum absolute atomic E-state index is 0.0494. The second kappa shape index (κ2) is 10.0. The Hall–Kier alpha value is -2.49. The van der Waals surface area contributed by atoms with Gasteiger partial charge in [-0.25, -0.2) is 4.79 Å². The lowest BCUT2D eigenvalue weighted by atomic mass is 10.0. The number of nitrogens with one attached hydrogen (secondary N) is 2. The van der Waals surface area contributed by atoms with Gasteiger partial charge in [0.05, 0.1) is 18.1 Å².